The van der Waals surface area contributed by atoms with Gasteiger partial charge in [0.25, 0.3) is 0 Å². The van der Waals surface area contributed by atoms with Crippen molar-refractivity contribution in [2.75, 3.05) is 6.54 Å². The van der Waals surface area contributed by atoms with Crippen molar-refractivity contribution >= 4 is 5.78 Å². The first kappa shape index (κ1) is 10.7. The van der Waals surface area contributed by atoms with E-state index in [1.54, 1.807) is 0 Å². The van der Waals surface area contributed by atoms with Gasteiger partial charge in [0, 0.05) is 17.4 Å². The van der Waals surface area contributed by atoms with Crippen LogP contribution in [0, 0.1) is 10.8 Å². The van der Waals surface area contributed by atoms with Crippen molar-refractivity contribution in [3.05, 3.63) is 0 Å². The first-order valence-corrected chi connectivity index (χ1v) is 5.17. The monoisotopic (exact) mass is 183 g/mol. The predicted molar refractivity (Wildman–Crippen MR) is 54.4 cm³/mol. The van der Waals surface area contributed by atoms with Crippen molar-refractivity contribution in [1.29, 1.82) is 0 Å². The molecule has 0 spiro atoms. The van der Waals surface area contributed by atoms with Gasteiger partial charge in [0.2, 0.25) is 0 Å². The van der Waals surface area contributed by atoms with E-state index >= 15 is 0 Å². The third kappa shape index (κ3) is 1.93. The number of carbonyl (C=O) groups excluding carboxylic acids is 1. The average molecular weight is 183 g/mol. The van der Waals surface area contributed by atoms with Gasteiger partial charge in [-0.05, 0) is 12.8 Å². The maximum Gasteiger partial charge on any atom is 0.145 e. The highest BCUT2D eigenvalue weighted by atomic mass is 16.1. The zero-order valence-electron chi connectivity index (χ0n) is 9.02. The summed E-state index contributed by atoms with van der Waals surface area (Å²) >= 11 is 0. The van der Waals surface area contributed by atoms with Crippen molar-refractivity contribution in [2.24, 2.45) is 16.6 Å². The highest BCUT2D eigenvalue weighted by Crippen LogP contribution is 2.42. The van der Waals surface area contributed by atoms with E-state index in [2.05, 4.69) is 0 Å². The smallest absolute Gasteiger partial charge is 0.145 e. The maximum absolute atomic E-state index is 12.1. The van der Waals surface area contributed by atoms with E-state index in [1.165, 1.54) is 12.8 Å². The van der Waals surface area contributed by atoms with Gasteiger partial charge in [-0.25, -0.2) is 0 Å². The van der Waals surface area contributed by atoms with Gasteiger partial charge in [0.15, 0.2) is 0 Å². The van der Waals surface area contributed by atoms with Crippen LogP contribution in [0.3, 0.4) is 0 Å². The van der Waals surface area contributed by atoms with Crippen LogP contribution in [0.15, 0.2) is 0 Å². The summed E-state index contributed by atoms with van der Waals surface area (Å²) in [6.07, 6.45) is 4.33. The Hall–Kier alpha value is -0.370. The number of hydrogen-bond acceptors (Lipinski definition) is 2. The molecule has 1 aliphatic rings. The summed E-state index contributed by atoms with van der Waals surface area (Å²) in [5, 5.41) is 0. The first-order valence-electron chi connectivity index (χ1n) is 5.17. The van der Waals surface area contributed by atoms with Gasteiger partial charge in [-0.3, -0.25) is 4.79 Å². The quantitative estimate of drug-likeness (QED) is 0.712. The van der Waals surface area contributed by atoms with Crippen LogP contribution < -0.4 is 5.73 Å². The molecule has 0 aromatic heterocycles. The SMILES string of the molecule is CC(C)(C)C(=O)C1(CN)CCCC1. The summed E-state index contributed by atoms with van der Waals surface area (Å²) in [6, 6.07) is 0. The first-order chi connectivity index (χ1) is 5.92. The molecule has 0 heterocycles. The lowest BCUT2D eigenvalue weighted by Crippen LogP contribution is -2.42. The summed E-state index contributed by atoms with van der Waals surface area (Å²) in [4.78, 5) is 12.1. The number of Topliss-reactive ketones (excluding diaryl/α,β-unsaturated/α-hetero) is 1. The normalized spacial score (nSPS) is 21.8. The molecule has 0 amide bonds. The summed E-state index contributed by atoms with van der Waals surface area (Å²) < 4.78 is 0. The second-order valence-corrected chi connectivity index (χ2v) is 5.27. The van der Waals surface area contributed by atoms with E-state index < -0.39 is 0 Å². The lowest BCUT2D eigenvalue weighted by molar-refractivity contribution is -0.136. The number of rotatable bonds is 2. The van der Waals surface area contributed by atoms with Crippen molar-refractivity contribution < 1.29 is 4.79 Å². The van der Waals surface area contributed by atoms with Gasteiger partial charge in [-0.2, -0.15) is 0 Å². The number of nitrogens with two attached hydrogens (primary N) is 1. The minimum absolute atomic E-state index is 0.182. The Morgan fingerprint density at radius 1 is 1.31 bits per heavy atom. The molecule has 1 aliphatic carbocycles. The Labute approximate surface area is 80.9 Å². The molecule has 2 nitrogen and oxygen atoms in total. The Morgan fingerprint density at radius 2 is 1.77 bits per heavy atom. The molecular formula is C11H21NO. The molecule has 2 N–H and O–H groups in total. The summed E-state index contributed by atoms with van der Waals surface area (Å²) in [6.45, 7) is 6.50. The molecule has 0 aromatic rings. The molecule has 1 rings (SSSR count). The second kappa shape index (κ2) is 3.41. The van der Waals surface area contributed by atoms with E-state index in [4.69, 9.17) is 5.73 Å². The Balaban J connectivity index is 2.83. The summed E-state index contributed by atoms with van der Waals surface area (Å²) in [5.74, 6) is 0.361. The van der Waals surface area contributed by atoms with Crippen molar-refractivity contribution in [2.45, 2.75) is 46.5 Å². The largest absolute Gasteiger partial charge is 0.329 e. The molecular weight excluding hydrogens is 162 g/mol. The van der Waals surface area contributed by atoms with Gasteiger partial charge >= 0.3 is 0 Å². The molecule has 0 aliphatic heterocycles. The van der Waals surface area contributed by atoms with Crippen LogP contribution in [-0.4, -0.2) is 12.3 Å². The highest BCUT2D eigenvalue weighted by Gasteiger charge is 2.44. The van der Waals surface area contributed by atoms with Gasteiger partial charge in [0.05, 0.1) is 0 Å². The molecule has 0 unspecified atom stereocenters. The summed E-state index contributed by atoms with van der Waals surface area (Å²) in [5.41, 5.74) is 5.33. The minimum Gasteiger partial charge on any atom is -0.329 e. The molecule has 0 radical (unpaired) electrons. The highest BCUT2D eigenvalue weighted by molar-refractivity contribution is 5.89. The lowest BCUT2D eigenvalue weighted by atomic mass is 9.71. The van der Waals surface area contributed by atoms with Crippen molar-refractivity contribution in [1.82, 2.24) is 0 Å². The van der Waals surface area contributed by atoms with Gasteiger partial charge in [-0.15, -0.1) is 0 Å². The van der Waals surface area contributed by atoms with Gasteiger partial charge < -0.3 is 5.73 Å². The number of ketones is 1. The van der Waals surface area contributed by atoms with Crippen molar-refractivity contribution in [3.8, 4) is 0 Å². The standard InChI is InChI=1S/C11H21NO/c1-10(2,3)9(13)11(8-12)6-4-5-7-11/h4-8,12H2,1-3H3. The van der Waals surface area contributed by atoms with E-state index in [1.807, 2.05) is 20.8 Å². The van der Waals surface area contributed by atoms with Crippen LogP contribution in [0.4, 0.5) is 0 Å². The van der Waals surface area contributed by atoms with Crippen molar-refractivity contribution in [3.63, 3.8) is 0 Å². The molecule has 1 fully saturated rings. The molecule has 0 saturated heterocycles. The van der Waals surface area contributed by atoms with Crippen LogP contribution in [0.5, 0.6) is 0 Å². The van der Waals surface area contributed by atoms with Gasteiger partial charge in [0.1, 0.15) is 5.78 Å². The van der Waals surface area contributed by atoms with Crippen LogP contribution in [0.2, 0.25) is 0 Å². The molecule has 2 heteroatoms. The van der Waals surface area contributed by atoms with Crippen LogP contribution >= 0.6 is 0 Å². The Kier molecular flexibility index (Phi) is 2.81. The fraction of sp³-hybridized carbons (Fsp3) is 0.909. The Bertz CT molecular complexity index is 197. The molecule has 13 heavy (non-hydrogen) atoms. The average Bonchev–Trinajstić information content (AvgIpc) is 2.50. The molecule has 0 aromatic carbocycles. The number of hydrogen-bond donors (Lipinski definition) is 1. The summed E-state index contributed by atoms with van der Waals surface area (Å²) in [7, 11) is 0. The Morgan fingerprint density at radius 3 is 2.08 bits per heavy atom. The van der Waals surface area contributed by atoms with E-state index in [0.717, 1.165) is 12.8 Å². The van der Waals surface area contributed by atoms with E-state index in [9.17, 15) is 4.79 Å². The van der Waals surface area contributed by atoms with Crippen LogP contribution in [0.1, 0.15) is 46.5 Å². The lowest BCUT2D eigenvalue weighted by Gasteiger charge is -2.32. The van der Waals surface area contributed by atoms with Gasteiger partial charge in [-0.1, -0.05) is 33.6 Å². The molecule has 0 atom stereocenters. The molecule has 0 bridgehead atoms. The topological polar surface area (TPSA) is 43.1 Å². The zero-order chi connectivity index (χ0) is 10.1. The minimum atomic E-state index is -0.232. The third-order valence-corrected chi connectivity index (χ3v) is 3.11. The van der Waals surface area contributed by atoms with Crippen LogP contribution in [-0.2, 0) is 4.79 Å². The van der Waals surface area contributed by atoms with E-state index in [-0.39, 0.29) is 10.8 Å². The van der Waals surface area contributed by atoms with Crippen LogP contribution in [0.25, 0.3) is 0 Å². The predicted octanol–water partition coefficient (Wildman–Crippen LogP) is 2.12. The zero-order valence-corrected chi connectivity index (χ0v) is 9.02. The molecule has 76 valence electrons. The van der Waals surface area contributed by atoms with E-state index in [0.29, 0.717) is 12.3 Å². The maximum atomic E-state index is 12.1. The third-order valence-electron chi connectivity index (χ3n) is 3.11. The number of carbonyl (C=O) groups is 1. The molecule has 1 saturated carbocycles. The fourth-order valence-electron chi connectivity index (χ4n) is 2.37. The second-order valence-electron chi connectivity index (χ2n) is 5.27. The fourth-order valence-corrected chi connectivity index (χ4v) is 2.37.